The van der Waals surface area contributed by atoms with E-state index >= 15 is 0 Å². The Morgan fingerprint density at radius 3 is 2.41 bits per heavy atom. The number of benzene rings is 2. The fourth-order valence-corrected chi connectivity index (χ4v) is 4.21. The molecule has 7 heteroatoms. The minimum Gasteiger partial charge on any atom is -0.356 e. The molecule has 1 heterocycles. The van der Waals surface area contributed by atoms with Crippen LogP contribution in [0.25, 0.3) is 0 Å². The van der Waals surface area contributed by atoms with Gasteiger partial charge in [0.15, 0.2) is 5.96 Å². The molecule has 2 aromatic carbocycles. The van der Waals surface area contributed by atoms with Crippen LogP contribution in [0, 0.1) is 12.8 Å². The Balaban J connectivity index is 0.00000408. The molecule has 2 aromatic rings. The van der Waals surface area contributed by atoms with Gasteiger partial charge in [-0.1, -0.05) is 42.0 Å². The Kier molecular flexibility index (Phi) is 11.8. The molecule has 6 nitrogen and oxygen atoms in total. The van der Waals surface area contributed by atoms with E-state index in [0.29, 0.717) is 5.92 Å². The highest BCUT2D eigenvalue weighted by molar-refractivity contribution is 14.0. The van der Waals surface area contributed by atoms with Gasteiger partial charge in [-0.25, -0.2) is 0 Å². The molecule has 3 rings (SSSR count). The summed E-state index contributed by atoms with van der Waals surface area (Å²) in [6, 6.07) is 16.7. The van der Waals surface area contributed by atoms with Crippen LogP contribution >= 0.6 is 24.0 Å². The van der Waals surface area contributed by atoms with E-state index in [4.69, 9.17) is 0 Å². The largest absolute Gasteiger partial charge is 0.356 e. The first-order valence-electron chi connectivity index (χ1n) is 12.0. The minimum absolute atomic E-state index is 0. The number of nitrogens with one attached hydrogen (secondary N) is 2. The maximum Gasteiger partial charge on any atom is 0.253 e. The highest BCUT2D eigenvalue weighted by atomic mass is 127. The number of halogens is 1. The molecule has 1 amide bonds. The lowest BCUT2D eigenvalue weighted by molar-refractivity contribution is 0.0827. The Bertz CT molecular complexity index is 921. The highest BCUT2D eigenvalue weighted by Crippen LogP contribution is 2.18. The number of piperidine rings is 1. The van der Waals surface area contributed by atoms with Gasteiger partial charge in [-0.3, -0.25) is 14.7 Å². The summed E-state index contributed by atoms with van der Waals surface area (Å²) in [5.74, 6) is 1.55. The molecule has 2 N–H and O–H groups in total. The maximum absolute atomic E-state index is 12.2. The fraction of sp³-hybridized carbons (Fsp3) is 0.481. The summed E-state index contributed by atoms with van der Waals surface area (Å²) in [7, 11) is 5.37. The van der Waals surface area contributed by atoms with Gasteiger partial charge in [0.2, 0.25) is 0 Å². The molecule has 0 aromatic heterocycles. The average Bonchev–Trinajstić information content (AvgIpc) is 2.83. The quantitative estimate of drug-likeness (QED) is 0.284. The number of aliphatic imine (C=N–C) groups is 1. The topological polar surface area (TPSA) is 60.0 Å². The van der Waals surface area contributed by atoms with Gasteiger partial charge < -0.3 is 15.5 Å². The maximum atomic E-state index is 12.2. The number of hydrogen-bond donors (Lipinski definition) is 2. The van der Waals surface area contributed by atoms with Gasteiger partial charge in [0, 0.05) is 46.3 Å². The third-order valence-corrected chi connectivity index (χ3v) is 6.30. The van der Waals surface area contributed by atoms with E-state index in [2.05, 4.69) is 57.8 Å². The number of rotatable bonds is 8. The first kappa shape index (κ1) is 28.1. The van der Waals surface area contributed by atoms with E-state index in [9.17, 15) is 4.79 Å². The lowest BCUT2D eigenvalue weighted by Crippen LogP contribution is -2.43. The van der Waals surface area contributed by atoms with E-state index in [1.807, 2.05) is 25.2 Å². The summed E-state index contributed by atoms with van der Waals surface area (Å²) >= 11 is 0. The second-order valence-corrected chi connectivity index (χ2v) is 9.23. The normalized spacial score (nSPS) is 14.9. The smallest absolute Gasteiger partial charge is 0.253 e. The van der Waals surface area contributed by atoms with Crippen LogP contribution in [0.3, 0.4) is 0 Å². The summed E-state index contributed by atoms with van der Waals surface area (Å²) < 4.78 is 0. The van der Waals surface area contributed by atoms with Crippen LogP contribution in [-0.2, 0) is 13.0 Å². The molecule has 0 atom stereocenters. The molecule has 0 unspecified atom stereocenters. The van der Waals surface area contributed by atoms with Gasteiger partial charge in [0.25, 0.3) is 5.91 Å². The summed E-state index contributed by atoms with van der Waals surface area (Å²) in [6.07, 6.45) is 3.26. The predicted octanol–water partition coefficient (Wildman–Crippen LogP) is 3.93. The third-order valence-electron chi connectivity index (χ3n) is 6.30. The third kappa shape index (κ3) is 8.91. The van der Waals surface area contributed by atoms with Crippen LogP contribution in [-0.4, -0.2) is 69.0 Å². The molecule has 34 heavy (non-hydrogen) atoms. The zero-order chi connectivity index (χ0) is 23.6. The summed E-state index contributed by atoms with van der Waals surface area (Å²) in [5.41, 5.74) is 4.59. The van der Waals surface area contributed by atoms with Crippen LogP contribution in [0.15, 0.2) is 53.5 Å². The molecule has 0 radical (unpaired) electrons. The summed E-state index contributed by atoms with van der Waals surface area (Å²) in [6.45, 7) is 7.20. The lowest BCUT2D eigenvalue weighted by atomic mass is 9.96. The molecule has 0 spiro atoms. The van der Waals surface area contributed by atoms with Crippen molar-refractivity contribution in [3.63, 3.8) is 0 Å². The van der Waals surface area contributed by atoms with Crippen molar-refractivity contribution in [2.45, 2.75) is 32.7 Å². The SMILES string of the molecule is CN=C(NCCc1cccc(C(=O)N(C)C)c1)NCC1CCN(Cc2ccc(C)cc2)CC1.I. The Hall–Kier alpha value is -2.13. The summed E-state index contributed by atoms with van der Waals surface area (Å²) in [5, 5.41) is 6.91. The zero-order valence-corrected chi connectivity index (χ0v) is 23.3. The zero-order valence-electron chi connectivity index (χ0n) is 21.0. The van der Waals surface area contributed by atoms with Crippen molar-refractivity contribution in [3.05, 3.63) is 70.8 Å². The number of hydrogen-bond acceptors (Lipinski definition) is 3. The van der Waals surface area contributed by atoms with Gasteiger partial charge in [0.05, 0.1) is 0 Å². The van der Waals surface area contributed by atoms with Crippen molar-refractivity contribution in [1.82, 2.24) is 20.4 Å². The van der Waals surface area contributed by atoms with Gasteiger partial charge in [0.1, 0.15) is 0 Å². The first-order chi connectivity index (χ1) is 15.9. The molecule has 1 aliphatic rings. The molecular formula is C27H40IN5O. The van der Waals surface area contributed by atoms with Gasteiger partial charge in [-0.2, -0.15) is 0 Å². The Morgan fingerprint density at radius 2 is 1.76 bits per heavy atom. The van der Waals surface area contributed by atoms with Crippen LogP contribution in [0.1, 0.15) is 39.9 Å². The number of carbonyl (C=O) groups is 1. The van der Waals surface area contributed by atoms with E-state index < -0.39 is 0 Å². The van der Waals surface area contributed by atoms with E-state index in [1.54, 1.807) is 19.0 Å². The number of amides is 1. The molecular weight excluding hydrogens is 537 g/mol. The molecule has 1 fully saturated rings. The monoisotopic (exact) mass is 577 g/mol. The Labute approximate surface area is 222 Å². The number of guanidine groups is 1. The van der Waals surface area contributed by atoms with Crippen LogP contribution in [0.4, 0.5) is 0 Å². The van der Waals surface area contributed by atoms with Crippen molar-refractivity contribution >= 4 is 35.8 Å². The van der Waals surface area contributed by atoms with E-state index in [1.165, 1.54) is 24.0 Å². The molecule has 186 valence electrons. The van der Waals surface area contributed by atoms with Crippen LogP contribution in [0.2, 0.25) is 0 Å². The standard InChI is InChI=1S/C27H39N5O.HI/c1-21-8-10-24(11-9-21)20-32-16-13-23(14-17-32)19-30-27(28-2)29-15-12-22-6-5-7-25(18-22)26(33)31(3)4;/h5-11,18,23H,12-17,19-20H2,1-4H3,(H2,28,29,30);1H. The average molecular weight is 578 g/mol. The number of nitrogens with zero attached hydrogens (tertiary/aromatic N) is 3. The van der Waals surface area contributed by atoms with Crippen LogP contribution < -0.4 is 10.6 Å². The van der Waals surface area contributed by atoms with Crippen molar-refractivity contribution in [1.29, 1.82) is 0 Å². The van der Waals surface area contributed by atoms with Crippen molar-refractivity contribution in [2.75, 3.05) is 47.3 Å². The number of likely N-dealkylation sites (tertiary alicyclic amines) is 1. The molecule has 1 aliphatic heterocycles. The second-order valence-electron chi connectivity index (χ2n) is 9.23. The first-order valence-corrected chi connectivity index (χ1v) is 12.0. The van der Waals surface area contributed by atoms with Crippen LogP contribution in [0.5, 0.6) is 0 Å². The van der Waals surface area contributed by atoms with E-state index in [-0.39, 0.29) is 29.9 Å². The molecule has 0 saturated carbocycles. The van der Waals surface area contributed by atoms with Gasteiger partial charge >= 0.3 is 0 Å². The second kappa shape index (κ2) is 14.3. The van der Waals surface area contributed by atoms with Crippen molar-refractivity contribution in [2.24, 2.45) is 10.9 Å². The predicted molar refractivity (Wildman–Crippen MR) is 152 cm³/mol. The Morgan fingerprint density at radius 1 is 1.06 bits per heavy atom. The number of aryl methyl sites for hydroxylation is 1. The fourth-order valence-electron chi connectivity index (χ4n) is 4.21. The minimum atomic E-state index is 0. The molecule has 0 aliphatic carbocycles. The lowest BCUT2D eigenvalue weighted by Gasteiger charge is -2.32. The van der Waals surface area contributed by atoms with Crippen molar-refractivity contribution in [3.8, 4) is 0 Å². The summed E-state index contributed by atoms with van der Waals surface area (Å²) in [4.78, 5) is 20.7. The molecule has 1 saturated heterocycles. The van der Waals surface area contributed by atoms with E-state index in [0.717, 1.165) is 56.2 Å². The number of carbonyl (C=O) groups excluding carboxylic acids is 1. The van der Waals surface area contributed by atoms with Gasteiger partial charge in [-0.05, 0) is 68.5 Å². The molecule has 0 bridgehead atoms. The van der Waals surface area contributed by atoms with Crippen molar-refractivity contribution < 1.29 is 4.79 Å². The highest BCUT2D eigenvalue weighted by Gasteiger charge is 2.19. The van der Waals surface area contributed by atoms with Gasteiger partial charge in [-0.15, -0.1) is 24.0 Å².